The van der Waals surface area contributed by atoms with Gasteiger partial charge in [-0.2, -0.15) is 0 Å². The lowest BCUT2D eigenvalue weighted by molar-refractivity contribution is 0.0542. The number of likely N-dealkylation sites (N-methyl/N-ethyl adjacent to an activating group) is 1. The molecule has 0 bridgehead atoms. The summed E-state index contributed by atoms with van der Waals surface area (Å²) >= 11 is 6.29. The quantitative estimate of drug-likeness (QED) is 0.437. The van der Waals surface area contributed by atoms with Gasteiger partial charge in [-0.3, -0.25) is 4.79 Å². The molecule has 190 valence electrons. The minimum absolute atomic E-state index is 0.0639. The molecule has 1 aliphatic rings. The van der Waals surface area contributed by atoms with Gasteiger partial charge in [-0.25, -0.2) is 4.99 Å². The van der Waals surface area contributed by atoms with Gasteiger partial charge >= 0.3 is 0 Å². The summed E-state index contributed by atoms with van der Waals surface area (Å²) in [5.74, 6) is 0.684. The van der Waals surface area contributed by atoms with E-state index in [1.807, 2.05) is 56.0 Å². The molecular weight excluding hydrogens is 474 g/mol. The Morgan fingerprint density at radius 1 is 1.28 bits per heavy atom. The lowest BCUT2D eigenvalue weighted by Crippen LogP contribution is -2.34. The number of morpholine rings is 1. The molecule has 8 heteroatoms. The third-order valence-electron chi connectivity index (χ3n) is 6.57. The zero-order chi connectivity index (χ0) is 25.8. The Kier molecular flexibility index (Phi) is 8.14. The summed E-state index contributed by atoms with van der Waals surface area (Å²) in [6.07, 6.45) is 4.01. The third-order valence-corrected chi connectivity index (χ3v) is 6.81. The number of aromatic amines is 1. The number of allylic oxidation sites excluding steroid dienone is 1. The van der Waals surface area contributed by atoms with E-state index in [1.165, 1.54) is 0 Å². The summed E-state index contributed by atoms with van der Waals surface area (Å²) in [4.78, 5) is 25.4. The van der Waals surface area contributed by atoms with Crippen LogP contribution >= 0.6 is 11.6 Å². The van der Waals surface area contributed by atoms with Gasteiger partial charge in [0.2, 0.25) is 0 Å². The number of hydrogen-bond donors (Lipinski definition) is 1. The molecule has 1 atom stereocenters. The minimum Gasteiger partial charge on any atom is -0.378 e. The Labute approximate surface area is 217 Å². The van der Waals surface area contributed by atoms with Crippen LogP contribution in [-0.2, 0) is 4.74 Å². The minimum atomic E-state index is -0.167. The maximum absolute atomic E-state index is 13.6. The Morgan fingerprint density at radius 2 is 2.03 bits per heavy atom. The summed E-state index contributed by atoms with van der Waals surface area (Å²) < 4.78 is 7.34. The lowest BCUT2D eigenvalue weighted by atomic mass is 10.0. The van der Waals surface area contributed by atoms with Crippen LogP contribution in [0.25, 0.3) is 17.2 Å². The average molecular weight is 508 g/mol. The van der Waals surface area contributed by atoms with Crippen molar-refractivity contribution in [3.05, 3.63) is 80.5 Å². The molecule has 0 amide bonds. The van der Waals surface area contributed by atoms with Gasteiger partial charge in [0.25, 0.3) is 5.56 Å². The van der Waals surface area contributed by atoms with Crippen LogP contribution in [0.5, 0.6) is 0 Å². The number of H-pyrrole nitrogens is 1. The highest BCUT2D eigenvalue weighted by molar-refractivity contribution is 6.30. The van der Waals surface area contributed by atoms with Crippen LogP contribution in [0.3, 0.4) is 0 Å². The normalized spacial score (nSPS) is 15.4. The molecule has 2 aromatic heterocycles. The number of ether oxygens (including phenoxy) is 1. The maximum Gasteiger partial charge on any atom is 0.251 e. The van der Waals surface area contributed by atoms with Crippen molar-refractivity contribution in [3.8, 4) is 11.1 Å². The summed E-state index contributed by atoms with van der Waals surface area (Å²) in [7, 11) is 4.01. The van der Waals surface area contributed by atoms with Crippen molar-refractivity contribution >= 4 is 30.2 Å². The number of aliphatic imine (C=N–C) groups is 1. The zero-order valence-corrected chi connectivity index (χ0v) is 22.2. The van der Waals surface area contributed by atoms with Crippen molar-refractivity contribution in [2.75, 3.05) is 46.9 Å². The van der Waals surface area contributed by atoms with Crippen molar-refractivity contribution in [2.45, 2.75) is 19.9 Å². The van der Waals surface area contributed by atoms with E-state index in [4.69, 9.17) is 16.3 Å². The fourth-order valence-electron chi connectivity index (χ4n) is 4.82. The molecule has 3 heterocycles. The number of nitrogens with one attached hydrogen (secondary N) is 1. The Morgan fingerprint density at radius 3 is 2.67 bits per heavy atom. The van der Waals surface area contributed by atoms with Crippen LogP contribution in [0.2, 0.25) is 5.02 Å². The number of aromatic nitrogens is 2. The van der Waals surface area contributed by atoms with E-state index in [2.05, 4.69) is 45.6 Å². The molecule has 1 aliphatic heterocycles. The van der Waals surface area contributed by atoms with Gasteiger partial charge < -0.3 is 24.1 Å². The standard InChI is InChI=1S/C28H34ClN5O2/c1-19(33-9-11-36-12-10-33)14-24-25(17-31-28(24)30-3)22-13-20(2)34(27(35)16-22)26(18-32(4)5)21-7-6-8-23(29)15-21/h6-8,13-17,26,31H,3,9-12,18H2,1-2,4-5H3/b19-14+. The smallest absolute Gasteiger partial charge is 0.251 e. The molecule has 1 N–H and O–H groups in total. The van der Waals surface area contributed by atoms with Crippen molar-refractivity contribution < 1.29 is 4.74 Å². The van der Waals surface area contributed by atoms with Gasteiger partial charge in [-0.15, -0.1) is 0 Å². The Balaban J connectivity index is 1.78. The number of benzene rings is 1. The molecule has 0 saturated carbocycles. The lowest BCUT2D eigenvalue weighted by Gasteiger charge is -2.29. The molecule has 1 aromatic carbocycles. The fourth-order valence-corrected chi connectivity index (χ4v) is 5.02. The molecule has 0 aliphatic carbocycles. The molecular formula is C28H34ClN5O2. The number of halogens is 1. The highest BCUT2D eigenvalue weighted by Crippen LogP contribution is 2.33. The van der Waals surface area contributed by atoms with E-state index in [-0.39, 0.29) is 11.6 Å². The number of nitrogens with zero attached hydrogens (tertiary/aromatic N) is 4. The van der Waals surface area contributed by atoms with Crippen LogP contribution < -0.4 is 5.56 Å². The first-order valence-electron chi connectivity index (χ1n) is 12.1. The predicted molar refractivity (Wildman–Crippen MR) is 149 cm³/mol. The highest BCUT2D eigenvalue weighted by atomic mass is 35.5. The van der Waals surface area contributed by atoms with Gasteiger partial charge in [0.05, 0.1) is 19.3 Å². The first kappa shape index (κ1) is 25.9. The van der Waals surface area contributed by atoms with Crippen LogP contribution in [0, 0.1) is 6.92 Å². The van der Waals surface area contributed by atoms with E-state index in [0.717, 1.165) is 59.9 Å². The average Bonchev–Trinajstić information content (AvgIpc) is 3.25. The van der Waals surface area contributed by atoms with Crippen molar-refractivity contribution in [2.24, 2.45) is 4.99 Å². The molecule has 36 heavy (non-hydrogen) atoms. The summed E-state index contributed by atoms with van der Waals surface area (Å²) in [6.45, 7) is 11.6. The predicted octanol–water partition coefficient (Wildman–Crippen LogP) is 4.98. The van der Waals surface area contributed by atoms with E-state index in [1.54, 1.807) is 6.07 Å². The molecule has 1 unspecified atom stereocenters. The highest BCUT2D eigenvalue weighted by Gasteiger charge is 2.21. The van der Waals surface area contributed by atoms with Gasteiger partial charge in [-0.05, 0) is 70.1 Å². The van der Waals surface area contributed by atoms with Gasteiger partial charge in [-0.1, -0.05) is 23.7 Å². The molecule has 1 saturated heterocycles. The molecule has 3 aromatic rings. The second-order valence-corrected chi connectivity index (χ2v) is 9.87. The maximum atomic E-state index is 13.6. The molecule has 0 spiro atoms. The number of pyridine rings is 1. The molecule has 7 nitrogen and oxygen atoms in total. The van der Waals surface area contributed by atoms with Crippen LogP contribution in [0.1, 0.15) is 29.8 Å². The van der Waals surface area contributed by atoms with E-state index < -0.39 is 0 Å². The second-order valence-electron chi connectivity index (χ2n) is 9.43. The van der Waals surface area contributed by atoms with E-state index in [0.29, 0.717) is 17.4 Å². The molecule has 0 radical (unpaired) electrons. The van der Waals surface area contributed by atoms with Gasteiger partial charge in [0, 0.05) is 59.4 Å². The Bertz CT molecular complexity index is 1320. The second kappa shape index (κ2) is 11.3. The first-order chi connectivity index (χ1) is 17.3. The monoisotopic (exact) mass is 507 g/mol. The van der Waals surface area contributed by atoms with E-state index in [9.17, 15) is 4.79 Å². The van der Waals surface area contributed by atoms with Crippen molar-refractivity contribution in [1.29, 1.82) is 0 Å². The number of rotatable bonds is 8. The SMILES string of the molecule is C=Nc1[nH]cc(-c2cc(C)n(C(CN(C)C)c3cccc(Cl)c3)c(=O)c2)c1/C=C(\C)N1CCOCC1. The van der Waals surface area contributed by atoms with Gasteiger partial charge in [0.1, 0.15) is 5.82 Å². The summed E-state index contributed by atoms with van der Waals surface area (Å²) in [5.41, 5.74) is 5.62. The molecule has 1 fully saturated rings. The molecule has 4 rings (SSSR count). The number of aryl methyl sites for hydroxylation is 1. The van der Waals surface area contributed by atoms with Crippen LogP contribution in [0.4, 0.5) is 5.82 Å². The van der Waals surface area contributed by atoms with Crippen molar-refractivity contribution in [3.63, 3.8) is 0 Å². The van der Waals surface area contributed by atoms with E-state index >= 15 is 0 Å². The zero-order valence-electron chi connectivity index (χ0n) is 21.4. The third kappa shape index (κ3) is 5.64. The summed E-state index contributed by atoms with van der Waals surface area (Å²) in [6, 6.07) is 11.3. The first-order valence-corrected chi connectivity index (χ1v) is 12.5. The van der Waals surface area contributed by atoms with Crippen LogP contribution in [-0.4, -0.2) is 73.0 Å². The van der Waals surface area contributed by atoms with Crippen LogP contribution in [0.15, 0.2) is 58.1 Å². The summed E-state index contributed by atoms with van der Waals surface area (Å²) in [5, 5.41) is 0.655. The largest absolute Gasteiger partial charge is 0.378 e. The number of hydrogen-bond acceptors (Lipinski definition) is 5. The Hall–Kier alpha value is -3.13. The van der Waals surface area contributed by atoms with Crippen molar-refractivity contribution in [1.82, 2.24) is 19.4 Å². The fraction of sp³-hybridized carbons (Fsp3) is 0.357. The topological polar surface area (TPSA) is 65.9 Å². The van der Waals surface area contributed by atoms with Gasteiger partial charge in [0.15, 0.2) is 0 Å².